The lowest BCUT2D eigenvalue weighted by Crippen LogP contribution is -2.40. The van der Waals surface area contributed by atoms with E-state index in [1.165, 1.54) is 17.5 Å². The van der Waals surface area contributed by atoms with Crippen LogP contribution in [0.5, 0.6) is 0 Å². The van der Waals surface area contributed by atoms with Gasteiger partial charge in [-0.05, 0) is 56.8 Å². The Kier molecular flexibility index (Phi) is 9.54. The average Bonchev–Trinajstić information content (AvgIpc) is 3.22. The van der Waals surface area contributed by atoms with Gasteiger partial charge in [0, 0.05) is 49.9 Å². The second kappa shape index (κ2) is 12.4. The van der Waals surface area contributed by atoms with Crippen molar-refractivity contribution in [3.05, 3.63) is 63.3 Å². The molecule has 3 heterocycles. The van der Waals surface area contributed by atoms with Gasteiger partial charge in [-0.1, -0.05) is 31.0 Å². The largest absolute Gasteiger partial charge is 0.444 e. The lowest BCUT2D eigenvalue weighted by Gasteiger charge is -2.29. The maximum Gasteiger partial charge on any atom is 0.410 e. The molecule has 0 bridgehead atoms. The summed E-state index contributed by atoms with van der Waals surface area (Å²) in [6, 6.07) is 4.03. The number of aliphatic imine (C=N–C) groups is 2. The third-order valence-electron chi connectivity index (χ3n) is 5.38. The SMILES string of the molecule is C=CSC(=C)/C(N=C)=C(/N=C1C=C(N2CCCN(C(=O)OC(C)(C)C)CC2)CNC1)c1cccs1. The highest BCUT2D eigenvalue weighted by Crippen LogP contribution is 2.33. The normalized spacial score (nSPS) is 18.9. The van der Waals surface area contributed by atoms with E-state index in [4.69, 9.17) is 9.73 Å². The van der Waals surface area contributed by atoms with E-state index in [9.17, 15) is 4.79 Å². The Morgan fingerprint density at radius 1 is 1.26 bits per heavy atom. The second-order valence-electron chi connectivity index (χ2n) is 9.19. The molecule has 1 saturated heterocycles. The molecule has 0 unspecified atom stereocenters. The van der Waals surface area contributed by atoms with Crippen molar-refractivity contribution in [3.63, 3.8) is 0 Å². The number of nitrogens with zero attached hydrogens (tertiary/aromatic N) is 4. The molecule has 2 aliphatic rings. The molecular formula is C26H35N5O2S2. The lowest BCUT2D eigenvalue weighted by atomic mass is 10.1. The fourth-order valence-electron chi connectivity index (χ4n) is 3.83. The Bertz CT molecular complexity index is 1030. The molecule has 7 nitrogen and oxygen atoms in total. The molecule has 0 aromatic carbocycles. The summed E-state index contributed by atoms with van der Waals surface area (Å²) in [6.45, 7) is 21.7. The Labute approximate surface area is 217 Å². The summed E-state index contributed by atoms with van der Waals surface area (Å²) in [5.74, 6) is 0. The Morgan fingerprint density at radius 2 is 2.06 bits per heavy atom. The minimum absolute atomic E-state index is 0.245. The van der Waals surface area contributed by atoms with E-state index >= 15 is 0 Å². The zero-order valence-corrected chi connectivity index (χ0v) is 22.5. The molecule has 0 aliphatic carbocycles. The van der Waals surface area contributed by atoms with Crippen LogP contribution in [0.3, 0.4) is 0 Å². The van der Waals surface area contributed by atoms with E-state index in [0.29, 0.717) is 25.3 Å². The van der Waals surface area contributed by atoms with Crippen LogP contribution in [0.15, 0.2) is 68.4 Å². The monoisotopic (exact) mass is 513 g/mol. The van der Waals surface area contributed by atoms with E-state index in [1.807, 2.05) is 38.3 Å². The summed E-state index contributed by atoms with van der Waals surface area (Å²) in [7, 11) is 0. The van der Waals surface area contributed by atoms with Gasteiger partial charge in [0.05, 0.1) is 10.6 Å². The summed E-state index contributed by atoms with van der Waals surface area (Å²) in [6.07, 6.45) is 2.79. The Balaban J connectivity index is 1.83. The van der Waals surface area contributed by atoms with Crippen molar-refractivity contribution in [1.82, 2.24) is 15.1 Å². The minimum atomic E-state index is -0.493. The maximum atomic E-state index is 12.5. The average molecular weight is 514 g/mol. The van der Waals surface area contributed by atoms with Crippen LogP contribution < -0.4 is 5.32 Å². The molecule has 1 amide bonds. The first-order valence-electron chi connectivity index (χ1n) is 11.6. The molecule has 0 saturated carbocycles. The Morgan fingerprint density at radius 3 is 2.71 bits per heavy atom. The predicted molar refractivity (Wildman–Crippen MR) is 150 cm³/mol. The number of thioether (sulfide) groups is 1. The van der Waals surface area contributed by atoms with Crippen LogP contribution >= 0.6 is 23.1 Å². The molecule has 1 aromatic rings. The van der Waals surface area contributed by atoms with E-state index in [1.54, 1.807) is 21.6 Å². The third kappa shape index (κ3) is 7.68. The summed E-state index contributed by atoms with van der Waals surface area (Å²) in [4.78, 5) is 27.7. The highest BCUT2D eigenvalue weighted by molar-refractivity contribution is 8.06. The second-order valence-corrected chi connectivity index (χ2v) is 11.2. The van der Waals surface area contributed by atoms with Crippen LogP contribution in [0.2, 0.25) is 0 Å². The van der Waals surface area contributed by atoms with Crippen LogP contribution in [-0.2, 0) is 4.74 Å². The van der Waals surface area contributed by atoms with Gasteiger partial charge in [-0.2, -0.15) is 0 Å². The number of ether oxygens (including phenoxy) is 1. The van der Waals surface area contributed by atoms with Gasteiger partial charge < -0.3 is 19.9 Å². The molecular weight excluding hydrogens is 478 g/mol. The number of hydrogen-bond donors (Lipinski definition) is 1. The first kappa shape index (κ1) is 27.0. The van der Waals surface area contributed by atoms with Crippen molar-refractivity contribution >= 4 is 47.3 Å². The van der Waals surface area contributed by atoms with Crippen molar-refractivity contribution in [2.24, 2.45) is 9.98 Å². The van der Waals surface area contributed by atoms with E-state index in [2.05, 4.69) is 41.2 Å². The van der Waals surface area contributed by atoms with Gasteiger partial charge in [-0.3, -0.25) is 4.99 Å². The van der Waals surface area contributed by atoms with Crippen molar-refractivity contribution < 1.29 is 9.53 Å². The number of carbonyl (C=O) groups is 1. The molecule has 0 radical (unpaired) electrons. The molecule has 35 heavy (non-hydrogen) atoms. The van der Waals surface area contributed by atoms with Crippen LogP contribution in [0.1, 0.15) is 32.1 Å². The lowest BCUT2D eigenvalue weighted by molar-refractivity contribution is 0.0259. The van der Waals surface area contributed by atoms with Crippen LogP contribution in [0.4, 0.5) is 4.79 Å². The quantitative estimate of drug-likeness (QED) is 0.392. The van der Waals surface area contributed by atoms with Gasteiger partial charge in [-0.15, -0.1) is 11.3 Å². The van der Waals surface area contributed by atoms with E-state index in [0.717, 1.165) is 47.2 Å². The zero-order chi connectivity index (χ0) is 25.4. The van der Waals surface area contributed by atoms with Crippen LogP contribution in [-0.4, -0.2) is 73.2 Å². The van der Waals surface area contributed by atoms with E-state index in [-0.39, 0.29) is 6.09 Å². The van der Waals surface area contributed by atoms with Gasteiger partial charge in [0.1, 0.15) is 17.0 Å². The smallest absolute Gasteiger partial charge is 0.410 e. The molecule has 1 fully saturated rings. The van der Waals surface area contributed by atoms with Crippen LogP contribution in [0.25, 0.3) is 5.70 Å². The maximum absolute atomic E-state index is 12.5. The van der Waals surface area contributed by atoms with Gasteiger partial charge in [0.2, 0.25) is 0 Å². The number of amides is 1. The standard InChI is InChI=1S/C26H35N5O2S2/c1-7-34-19(2)23(27-6)24(22-10-8-15-35-22)29-20-16-21(18-28-17-20)30-11-9-12-31(14-13-30)25(32)33-26(3,4)5/h7-8,10,15-16,28H,1-2,6,9,11-14,17-18H2,3-5H3/b24-23-,29-20?. The van der Waals surface area contributed by atoms with E-state index < -0.39 is 5.60 Å². The fraction of sp³-hybridized carbons (Fsp3) is 0.423. The first-order chi connectivity index (χ1) is 16.7. The molecule has 1 aromatic heterocycles. The molecule has 0 atom stereocenters. The topological polar surface area (TPSA) is 69.5 Å². The number of nitrogens with one attached hydrogen (secondary N) is 1. The fourth-order valence-corrected chi connectivity index (χ4v) is 5.02. The summed E-state index contributed by atoms with van der Waals surface area (Å²) < 4.78 is 5.57. The molecule has 0 spiro atoms. The van der Waals surface area contributed by atoms with Crippen molar-refractivity contribution in [2.75, 3.05) is 39.3 Å². The number of thiophene rings is 1. The molecule has 3 rings (SSSR count). The van der Waals surface area contributed by atoms with Gasteiger partial charge in [0.15, 0.2) is 0 Å². The third-order valence-corrected chi connectivity index (χ3v) is 6.90. The minimum Gasteiger partial charge on any atom is -0.444 e. The molecule has 2 aliphatic heterocycles. The van der Waals surface area contributed by atoms with Crippen molar-refractivity contribution in [1.29, 1.82) is 0 Å². The van der Waals surface area contributed by atoms with Crippen molar-refractivity contribution in [2.45, 2.75) is 32.8 Å². The number of rotatable bonds is 7. The first-order valence-corrected chi connectivity index (χ1v) is 13.4. The summed E-state index contributed by atoms with van der Waals surface area (Å²) >= 11 is 3.02. The summed E-state index contributed by atoms with van der Waals surface area (Å²) in [5, 5.41) is 7.22. The highest BCUT2D eigenvalue weighted by atomic mass is 32.2. The number of hydrogen-bond acceptors (Lipinski definition) is 8. The number of carbonyl (C=O) groups excluding carboxylic acids is 1. The van der Waals surface area contributed by atoms with Gasteiger partial charge >= 0.3 is 6.09 Å². The summed E-state index contributed by atoms with van der Waals surface area (Å²) in [5.41, 5.74) is 3.01. The molecule has 188 valence electrons. The Hall–Kier alpha value is -2.62. The van der Waals surface area contributed by atoms with Gasteiger partial charge in [-0.25, -0.2) is 9.79 Å². The molecule has 1 N–H and O–H groups in total. The highest BCUT2D eigenvalue weighted by Gasteiger charge is 2.26. The predicted octanol–water partition coefficient (Wildman–Crippen LogP) is 5.38. The van der Waals surface area contributed by atoms with Crippen LogP contribution in [0, 0.1) is 0 Å². The zero-order valence-electron chi connectivity index (χ0n) is 20.9. The van der Waals surface area contributed by atoms with Gasteiger partial charge in [0.25, 0.3) is 0 Å². The molecule has 9 heteroatoms. The van der Waals surface area contributed by atoms with Crippen molar-refractivity contribution in [3.8, 4) is 0 Å².